The summed E-state index contributed by atoms with van der Waals surface area (Å²) < 4.78 is 5.29. The molecule has 0 saturated carbocycles. The highest BCUT2D eigenvalue weighted by molar-refractivity contribution is 7.14. The Labute approximate surface area is 122 Å². The zero-order chi connectivity index (χ0) is 13.9. The molecule has 3 rings (SSSR count). The van der Waals surface area contributed by atoms with Crippen molar-refractivity contribution < 1.29 is 4.42 Å². The summed E-state index contributed by atoms with van der Waals surface area (Å²) in [5.74, 6) is 0.910. The van der Waals surface area contributed by atoms with Gasteiger partial charge in [-0.1, -0.05) is 23.8 Å². The zero-order valence-corrected chi connectivity index (χ0v) is 12.3. The minimum absolute atomic E-state index is 0.660. The van der Waals surface area contributed by atoms with Crippen LogP contribution in [0.2, 0.25) is 0 Å². The minimum Gasteiger partial charge on any atom is -0.467 e. The van der Waals surface area contributed by atoms with Crippen molar-refractivity contribution in [3.05, 3.63) is 58.9 Å². The maximum Gasteiger partial charge on any atom is 0.183 e. The number of hydrogen-bond donors (Lipinski definition) is 1. The summed E-state index contributed by atoms with van der Waals surface area (Å²) in [6, 6.07) is 10.3. The summed E-state index contributed by atoms with van der Waals surface area (Å²) in [7, 11) is 0. The van der Waals surface area contributed by atoms with E-state index in [0.717, 1.165) is 16.6 Å². The zero-order valence-electron chi connectivity index (χ0n) is 11.5. The van der Waals surface area contributed by atoms with Crippen molar-refractivity contribution >= 4 is 16.5 Å². The molecular weight excluding hydrogens is 268 g/mol. The molecule has 0 atom stereocenters. The highest BCUT2D eigenvalue weighted by Crippen LogP contribution is 2.28. The van der Waals surface area contributed by atoms with E-state index in [1.54, 1.807) is 17.6 Å². The van der Waals surface area contributed by atoms with Gasteiger partial charge in [-0.05, 0) is 31.5 Å². The molecule has 0 radical (unpaired) electrons. The van der Waals surface area contributed by atoms with E-state index in [1.165, 1.54) is 16.7 Å². The molecule has 102 valence electrons. The van der Waals surface area contributed by atoms with Crippen molar-refractivity contribution in [1.82, 2.24) is 4.98 Å². The number of anilines is 1. The highest BCUT2D eigenvalue weighted by Gasteiger charge is 2.07. The van der Waals surface area contributed by atoms with Crippen LogP contribution in [0.4, 0.5) is 5.13 Å². The van der Waals surface area contributed by atoms with Crippen LogP contribution in [0.3, 0.4) is 0 Å². The van der Waals surface area contributed by atoms with Gasteiger partial charge in [0.25, 0.3) is 0 Å². The first-order valence-corrected chi connectivity index (χ1v) is 7.40. The standard InChI is InChI=1S/C16H16N2OS/c1-11-5-6-14(12(2)8-11)15-10-20-16(18-15)17-9-13-4-3-7-19-13/h3-8,10H,9H2,1-2H3,(H,17,18). The highest BCUT2D eigenvalue weighted by atomic mass is 32.1. The normalized spacial score (nSPS) is 10.7. The molecule has 4 heteroatoms. The molecule has 0 bridgehead atoms. The summed E-state index contributed by atoms with van der Waals surface area (Å²) in [6.45, 7) is 4.89. The SMILES string of the molecule is Cc1ccc(-c2csc(NCc3ccco3)n2)c(C)c1. The third-order valence-corrected chi connectivity index (χ3v) is 3.96. The molecule has 0 saturated heterocycles. The molecule has 0 aliphatic carbocycles. The molecule has 0 amide bonds. The summed E-state index contributed by atoms with van der Waals surface area (Å²) >= 11 is 1.62. The number of nitrogens with zero attached hydrogens (tertiary/aromatic N) is 1. The Morgan fingerprint density at radius 3 is 2.90 bits per heavy atom. The summed E-state index contributed by atoms with van der Waals surface area (Å²) in [5, 5.41) is 6.28. The number of hydrogen-bond acceptors (Lipinski definition) is 4. The lowest BCUT2D eigenvalue weighted by molar-refractivity contribution is 0.518. The second-order valence-corrected chi connectivity index (χ2v) is 5.65. The topological polar surface area (TPSA) is 38.1 Å². The van der Waals surface area contributed by atoms with Gasteiger partial charge < -0.3 is 9.73 Å². The summed E-state index contributed by atoms with van der Waals surface area (Å²) in [5.41, 5.74) is 4.75. The fourth-order valence-corrected chi connectivity index (χ4v) is 2.87. The van der Waals surface area contributed by atoms with E-state index in [-0.39, 0.29) is 0 Å². The van der Waals surface area contributed by atoms with Crippen molar-refractivity contribution in [2.45, 2.75) is 20.4 Å². The van der Waals surface area contributed by atoms with E-state index in [4.69, 9.17) is 4.42 Å². The number of aryl methyl sites for hydroxylation is 2. The molecule has 0 aliphatic rings. The lowest BCUT2D eigenvalue weighted by atomic mass is 10.0. The second-order valence-electron chi connectivity index (χ2n) is 4.79. The van der Waals surface area contributed by atoms with Crippen molar-refractivity contribution in [3.8, 4) is 11.3 Å². The summed E-state index contributed by atoms with van der Waals surface area (Å²) in [6.07, 6.45) is 1.68. The predicted molar refractivity (Wildman–Crippen MR) is 83.1 cm³/mol. The largest absolute Gasteiger partial charge is 0.467 e. The van der Waals surface area contributed by atoms with Crippen LogP contribution in [0.1, 0.15) is 16.9 Å². The van der Waals surface area contributed by atoms with Crippen LogP contribution < -0.4 is 5.32 Å². The molecule has 2 heterocycles. The Morgan fingerprint density at radius 1 is 1.25 bits per heavy atom. The molecule has 20 heavy (non-hydrogen) atoms. The maximum absolute atomic E-state index is 5.29. The number of rotatable bonds is 4. The maximum atomic E-state index is 5.29. The molecule has 2 aromatic heterocycles. The van der Waals surface area contributed by atoms with E-state index in [2.05, 4.69) is 47.7 Å². The molecule has 0 spiro atoms. The van der Waals surface area contributed by atoms with Gasteiger partial charge in [0.1, 0.15) is 5.76 Å². The Kier molecular flexibility index (Phi) is 3.56. The van der Waals surface area contributed by atoms with Gasteiger partial charge in [0.05, 0.1) is 18.5 Å². The molecule has 1 N–H and O–H groups in total. The van der Waals surface area contributed by atoms with Crippen molar-refractivity contribution in [3.63, 3.8) is 0 Å². The summed E-state index contributed by atoms with van der Waals surface area (Å²) in [4.78, 5) is 4.64. The first-order chi connectivity index (χ1) is 9.72. The van der Waals surface area contributed by atoms with Crippen LogP contribution >= 0.6 is 11.3 Å². The van der Waals surface area contributed by atoms with Crippen molar-refractivity contribution in [2.24, 2.45) is 0 Å². The lowest BCUT2D eigenvalue weighted by Gasteiger charge is -2.03. The minimum atomic E-state index is 0.660. The van der Waals surface area contributed by atoms with E-state index >= 15 is 0 Å². The third kappa shape index (κ3) is 2.75. The average Bonchev–Trinajstić information content (AvgIpc) is 3.07. The molecule has 0 aliphatic heterocycles. The number of aromatic nitrogens is 1. The molecule has 0 unspecified atom stereocenters. The smallest absolute Gasteiger partial charge is 0.183 e. The fraction of sp³-hybridized carbons (Fsp3) is 0.188. The number of furan rings is 1. The van der Waals surface area contributed by atoms with E-state index in [1.807, 2.05) is 12.1 Å². The Morgan fingerprint density at radius 2 is 2.15 bits per heavy atom. The van der Waals surface area contributed by atoms with Gasteiger partial charge in [0.2, 0.25) is 0 Å². The van der Waals surface area contributed by atoms with Gasteiger partial charge in [-0.25, -0.2) is 4.98 Å². The van der Waals surface area contributed by atoms with Crippen molar-refractivity contribution in [1.29, 1.82) is 0 Å². The Hall–Kier alpha value is -2.07. The van der Waals surface area contributed by atoms with Crippen molar-refractivity contribution in [2.75, 3.05) is 5.32 Å². The first kappa shape index (κ1) is 12.9. The molecule has 1 aromatic carbocycles. The van der Waals surface area contributed by atoms with Crippen LogP contribution in [0, 0.1) is 13.8 Å². The van der Waals surface area contributed by atoms with Crippen LogP contribution in [-0.4, -0.2) is 4.98 Å². The third-order valence-electron chi connectivity index (χ3n) is 3.16. The van der Waals surface area contributed by atoms with Gasteiger partial charge in [0.15, 0.2) is 5.13 Å². The lowest BCUT2D eigenvalue weighted by Crippen LogP contribution is -1.97. The van der Waals surface area contributed by atoms with E-state index in [0.29, 0.717) is 6.54 Å². The predicted octanol–water partition coefficient (Wildman–Crippen LogP) is 4.63. The number of thiazole rings is 1. The van der Waals surface area contributed by atoms with Gasteiger partial charge in [-0.2, -0.15) is 0 Å². The fourth-order valence-electron chi connectivity index (χ4n) is 2.16. The van der Waals surface area contributed by atoms with E-state index < -0.39 is 0 Å². The first-order valence-electron chi connectivity index (χ1n) is 6.52. The monoisotopic (exact) mass is 284 g/mol. The van der Waals surface area contributed by atoms with Crippen LogP contribution in [0.5, 0.6) is 0 Å². The van der Waals surface area contributed by atoms with Crippen LogP contribution in [-0.2, 0) is 6.54 Å². The molecule has 3 aromatic rings. The quantitative estimate of drug-likeness (QED) is 0.759. The molecule has 0 fully saturated rings. The van der Waals surface area contributed by atoms with Gasteiger partial charge in [-0.15, -0.1) is 11.3 Å². The van der Waals surface area contributed by atoms with Gasteiger partial charge in [0, 0.05) is 10.9 Å². The average molecular weight is 284 g/mol. The molecule has 3 nitrogen and oxygen atoms in total. The Bertz CT molecular complexity index is 701. The number of benzene rings is 1. The van der Waals surface area contributed by atoms with Gasteiger partial charge in [-0.3, -0.25) is 0 Å². The molecular formula is C16H16N2OS. The van der Waals surface area contributed by atoms with Crippen LogP contribution in [0.15, 0.2) is 46.4 Å². The second kappa shape index (κ2) is 5.51. The van der Waals surface area contributed by atoms with Gasteiger partial charge >= 0.3 is 0 Å². The van der Waals surface area contributed by atoms with Crippen LogP contribution in [0.25, 0.3) is 11.3 Å². The Balaban J connectivity index is 1.76. The number of nitrogens with one attached hydrogen (secondary N) is 1. The van der Waals surface area contributed by atoms with E-state index in [9.17, 15) is 0 Å².